The molecule has 6 heteroatoms. The smallest absolute Gasteiger partial charge is 0.251 e. The molecule has 0 bridgehead atoms. The minimum absolute atomic E-state index is 0.146. The Morgan fingerprint density at radius 2 is 1.88 bits per heavy atom. The zero-order valence-electron chi connectivity index (χ0n) is 13.5. The number of amides is 2. The molecular weight excluding hydrogens is 344 g/mol. The van der Waals surface area contributed by atoms with E-state index >= 15 is 0 Å². The number of carbonyl (C=O) groups excluding carboxylic acids is 2. The summed E-state index contributed by atoms with van der Waals surface area (Å²) in [7, 11) is 1.55. The molecule has 0 aliphatic rings. The molecule has 0 fully saturated rings. The van der Waals surface area contributed by atoms with Crippen molar-refractivity contribution < 1.29 is 9.59 Å². The number of hydrogen-bond donors (Lipinski definition) is 2. The molecule has 2 rings (SSSR count). The predicted octanol–water partition coefficient (Wildman–Crippen LogP) is 3.96. The van der Waals surface area contributed by atoms with Gasteiger partial charge >= 0.3 is 0 Å². The highest BCUT2D eigenvalue weighted by Crippen LogP contribution is 2.25. The molecule has 126 valence electrons. The van der Waals surface area contributed by atoms with Crippen LogP contribution >= 0.6 is 23.4 Å². The van der Waals surface area contributed by atoms with Gasteiger partial charge in [-0.15, -0.1) is 11.8 Å². The SMILES string of the molecule is CNC(=O)c1ccc(Cl)c(NC(=O)C(C)SCc2ccccc2)c1. The second-order valence-corrected chi connectivity index (χ2v) is 6.94. The standard InChI is InChI=1S/C18H19ClN2O2S/c1-12(24-11-13-6-4-3-5-7-13)17(22)21-16-10-14(18(23)20-2)8-9-15(16)19/h3-10,12H,11H2,1-2H3,(H,20,23)(H,21,22). The summed E-state index contributed by atoms with van der Waals surface area (Å²) in [6.07, 6.45) is 0. The van der Waals surface area contributed by atoms with Crippen LogP contribution in [-0.2, 0) is 10.5 Å². The zero-order chi connectivity index (χ0) is 17.5. The van der Waals surface area contributed by atoms with Crippen LogP contribution in [0.15, 0.2) is 48.5 Å². The normalized spacial score (nSPS) is 11.6. The summed E-state index contributed by atoms with van der Waals surface area (Å²) in [5.41, 5.74) is 2.05. The Labute approximate surface area is 151 Å². The quantitative estimate of drug-likeness (QED) is 0.817. The average molecular weight is 363 g/mol. The van der Waals surface area contributed by atoms with Gasteiger partial charge < -0.3 is 10.6 Å². The second kappa shape index (κ2) is 8.76. The molecular formula is C18H19ClN2O2S. The Bertz CT molecular complexity index is 722. The lowest BCUT2D eigenvalue weighted by atomic mass is 10.2. The van der Waals surface area contributed by atoms with Gasteiger partial charge in [-0.3, -0.25) is 9.59 Å². The van der Waals surface area contributed by atoms with Gasteiger partial charge in [-0.1, -0.05) is 41.9 Å². The Hall–Kier alpha value is -1.98. The highest BCUT2D eigenvalue weighted by Gasteiger charge is 2.16. The Morgan fingerprint density at radius 1 is 1.17 bits per heavy atom. The monoisotopic (exact) mass is 362 g/mol. The first kappa shape index (κ1) is 18.4. The van der Waals surface area contributed by atoms with E-state index < -0.39 is 0 Å². The molecule has 2 amide bonds. The first-order chi connectivity index (χ1) is 11.5. The lowest BCUT2D eigenvalue weighted by molar-refractivity contribution is -0.115. The zero-order valence-corrected chi connectivity index (χ0v) is 15.1. The van der Waals surface area contributed by atoms with Crippen molar-refractivity contribution in [2.24, 2.45) is 0 Å². The molecule has 4 nitrogen and oxygen atoms in total. The van der Waals surface area contributed by atoms with Gasteiger partial charge in [0.15, 0.2) is 0 Å². The molecule has 0 aliphatic heterocycles. The first-order valence-electron chi connectivity index (χ1n) is 7.49. The molecule has 0 heterocycles. The van der Waals surface area contributed by atoms with Gasteiger partial charge in [0.2, 0.25) is 5.91 Å². The molecule has 24 heavy (non-hydrogen) atoms. The topological polar surface area (TPSA) is 58.2 Å². The fourth-order valence-electron chi connectivity index (χ4n) is 2.01. The van der Waals surface area contributed by atoms with E-state index in [-0.39, 0.29) is 17.1 Å². The van der Waals surface area contributed by atoms with Crippen molar-refractivity contribution in [2.75, 3.05) is 12.4 Å². The van der Waals surface area contributed by atoms with E-state index in [0.29, 0.717) is 16.3 Å². The summed E-state index contributed by atoms with van der Waals surface area (Å²) in [5, 5.41) is 5.49. The van der Waals surface area contributed by atoms with E-state index in [2.05, 4.69) is 10.6 Å². The summed E-state index contributed by atoms with van der Waals surface area (Å²) >= 11 is 7.66. The van der Waals surface area contributed by atoms with E-state index in [1.54, 1.807) is 37.0 Å². The molecule has 1 atom stereocenters. The molecule has 0 saturated carbocycles. The summed E-state index contributed by atoms with van der Waals surface area (Å²) in [6, 6.07) is 14.8. The van der Waals surface area contributed by atoms with Gasteiger partial charge in [0.1, 0.15) is 0 Å². The van der Waals surface area contributed by atoms with Crippen LogP contribution in [0, 0.1) is 0 Å². The van der Waals surface area contributed by atoms with Gasteiger partial charge in [0.25, 0.3) is 5.91 Å². The number of nitrogens with one attached hydrogen (secondary N) is 2. The van der Waals surface area contributed by atoms with Crippen LogP contribution in [0.2, 0.25) is 5.02 Å². The first-order valence-corrected chi connectivity index (χ1v) is 8.92. The molecule has 1 unspecified atom stereocenters. The number of benzene rings is 2. The van der Waals surface area contributed by atoms with E-state index in [0.717, 1.165) is 5.75 Å². The fourth-order valence-corrected chi connectivity index (χ4v) is 3.02. The number of anilines is 1. The third-order valence-corrected chi connectivity index (χ3v) is 4.97. The largest absolute Gasteiger partial charge is 0.355 e. The van der Waals surface area contributed by atoms with Gasteiger partial charge in [-0.2, -0.15) is 0 Å². The molecule has 0 saturated heterocycles. The number of carbonyl (C=O) groups is 2. The summed E-state index contributed by atoms with van der Waals surface area (Å²) in [6.45, 7) is 1.85. The van der Waals surface area contributed by atoms with Crippen molar-refractivity contribution in [2.45, 2.75) is 17.9 Å². The third kappa shape index (κ3) is 5.01. The van der Waals surface area contributed by atoms with Crippen molar-refractivity contribution in [1.82, 2.24) is 5.32 Å². The van der Waals surface area contributed by atoms with Crippen molar-refractivity contribution in [3.05, 3.63) is 64.7 Å². The minimum Gasteiger partial charge on any atom is -0.355 e. The highest BCUT2D eigenvalue weighted by molar-refractivity contribution is 7.99. The van der Waals surface area contributed by atoms with Crippen LogP contribution in [-0.4, -0.2) is 24.1 Å². The van der Waals surface area contributed by atoms with Crippen molar-refractivity contribution in [3.63, 3.8) is 0 Å². The third-order valence-electron chi connectivity index (χ3n) is 3.43. The molecule has 0 aromatic heterocycles. The molecule has 2 N–H and O–H groups in total. The van der Waals surface area contributed by atoms with Crippen LogP contribution in [0.3, 0.4) is 0 Å². The van der Waals surface area contributed by atoms with Gasteiger partial charge in [0, 0.05) is 18.4 Å². The van der Waals surface area contributed by atoms with Crippen LogP contribution in [0.5, 0.6) is 0 Å². The molecule has 0 radical (unpaired) electrons. The summed E-state index contributed by atoms with van der Waals surface area (Å²) in [5.74, 6) is 0.377. The summed E-state index contributed by atoms with van der Waals surface area (Å²) in [4.78, 5) is 24.0. The van der Waals surface area contributed by atoms with Crippen LogP contribution < -0.4 is 10.6 Å². The van der Waals surface area contributed by atoms with E-state index in [1.807, 2.05) is 37.3 Å². The van der Waals surface area contributed by atoms with Crippen molar-refractivity contribution in [3.8, 4) is 0 Å². The highest BCUT2D eigenvalue weighted by atomic mass is 35.5. The maximum Gasteiger partial charge on any atom is 0.251 e. The number of hydrogen-bond acceptors (Lipinski definition) is 3. The minimum atomic E-state index is -0.245. The van der Waals surface area contributed by atoms with Gasteiger partial charge in [0.05, 0.1) is 16.0 Å². The molecule has 0 aliphatic carbocycles. The number of rotatable bonds is 6. The predicted molar refractivity (Wildman–Crippen MR) is 101 cm³/mol. The second-order valence-electron chi connectivity index (χ2n) is 5.20. The molecule has 2 aromatic carbocycles. The number of halogens is 1. The Balaban J connectivity index is 1.99. The van der Waals surface area contributed by atoms with Gasteiger partial charge in [-0.25, -0.2) is 0 Å². The van der Waals surface area contributed by atoms with Crippen LogP contribution in [0.25, 0.3) is 0 Å². The Morgan fingerprint density at radius 3 is 2.54 bits per heavy atom. The van der Waals surface area contributed by atoms with Crippen LogP contribution in [0.4, 0.5) is 5.69 Å². The maximum absolute atomic E-state index is 12.3. The fraction of sp³-hybridized carbons (Fsp3) is 0.222. The van der Waals surface area contributed by atoms with Crippen molar-refractivity contribution >= 4 is 40.9 Å². The van der Waals surface area contributed by atoms with Gasteiger partial charge in [-0.05, 0) is 30.7 Å². The number of thioether (sulfide) groups is 1. The maximum atomic E-state index is 12.3. The lowest BCUT2D eigenvalue weighted by Crippen LogP contribution is -2.23. The average Bonchev–Trinajstić information content (AvgIpc) is 2.61. The van der Waals surface area contributed by atoms with E-state index in [1.165, 1.54) is 5.56 Å². The molecule has 2 aromatic rings. The van der Waals surface area contributed by atoms with E-state index in [9.17, 15) is 9.59 Å². The van der Waals surface area contributed by atoms with Crippen molar-refractivity contribution in [1.29, 1.82) is 0 Å². The van der Waals surface area contributed by atoms with Crippen LogP contribution in [0.1, 0.15) is 22.8 Å². The summed E-state index contributed by atoms with van der Waals surface area (Å²) < 4.78 is 0. The lowest BCUT2D eigenvalue weighted by Gasteiger charge is -2.14. The Kier molecular flexibility index (Phi) is 6.70. The van der Waals surface area contributed by atoms with E-state index in [4.69, 9.17) is 11.6 Å². The molecule has 0 spiro atoms.